The van der Waals surface area contributed by atoms with Crippen molar-refractivity contribution < 1.29 is 4.74 Å². The van der Waals surface area contributed by atoms with Crippen LogP contribution in [0.1, 0.15) is 43.0 Å². The fourth-order valence-electron chi connectivity index (χ4n) is 4.68. The van der Waals surface area contributed by atoms with Crippen LogP contribution >= 0.6 is 11.3 Å². The maximum atomic E-state index is 5.56. The van der Waals surface area contributed by atoms with Crippen molar-refractivity contribution in [3.8, 4) is 0 Å². The first-order chi connectivity index (χ1) is 14.2. The maximum absolute atomic E-state index is 5.56. The molecule has 1 aliphatic heterocycles. The Balaban J connectivity index is 1.55. The molecule has 0 spiro atoms. The van der Waals surface area contributed by atoms with Gasteiger partial charge in [-0.1, -0.05) is 25.3 Å². The number of aliphatic imine (C=N–C) groups is 1. The molecule has 2 N–H and O–H groups in total. The number of ether oxygens (including phenoxy) is 1. The van der Waals surface area contributed by atoms with Crippen molar-refractivity contribution in [3.63, 3.8) is 0 Å². The molecule has 0 amide bonds. The Hall–Kier alpha value is -1.15. The van der Waals surface area contributed by atoms with E-state index in [4.69, 9.17) is 4.74 Å². The molecule has 2 atom stereocenters. The minimum atomic E-state index is 0.362. The van der Waals surface area contributed by atoms with Gasteiger partial charge < -0.3 is 20.3 Å². The van der Waals surface area contributed by atoms with Crippen molar-refractivity contribution in [3.05, 3.63) is 22.4 Å². The van der Waals surface area contributed by atoms with Gasteiger partial charge in [0.05, 0.1) is 19.3 Å². The molecule has 7 heteroatoms. The zero-order valence-electron chi connectivity index (χ0n) is 18.4. The first kappa shape index (κ1) is 22.5. The van der Waals surface area contributed by atoms with Gasteiger partial charge in [-0.15, -0.1) is 11.3 Å². The molecule has 1 aliphatic carbocycles. The van der Waals surface area contributed by atoms with E-state index in [1.807, 2.05) is 18.4 Å². The van der Waals surface area contributed by atoms with E-state index < -0.39 is 0 Å². The lowest BCUT2D eigenvalue weighted by Gasteiger charge is -2.36. The van der Waals surface area contributed by atoms with E-state index in [0.717, 1.165) is 51.3 Å². The number of morpholine rings is 1. The second-order valence-corrected chi connectivity index (χ2v) is 9.42. The van der Waals surface area contributed by atoms with Gasteiger partial charge in [-0.2, -0.15) is 0 Å². The molecule has 0 bridgehead atoms. The van der Waals surface area contributed by atoms with Crippen LogP contribution in [-0.2, 0) is 4.74 Å². The molecule has 0 aromatic carbocycles. The number of hydrogen-bond acceptors (Lipinski definition) is 5. The number of guanidine groups is 1. The summed E-state index contributed by atoms with van der Waals surface area (Å²) >= 11 is 1.84. The highest BCUT2D eigenvalue weighted by Gasteiger charge is 2.26. The first-order valence-corrected chi connectivity index (χ1v) is 12.0. The standard InChI is InChI=1S/C22H39N5OS/c1-23-22(24-16-19(26(2)3)18-8-5-4-6-9-18)25-17-20(21-10-7-15-29-21)27-11-13-28-14-12-27/h7,10,15,18-20H,4-6,8-9,11-14,16-17H2,1-3H3,(H2,23,24,25). The van der Waals surface area contributed by atoms with Crippen molar-refractivity contribution in [2.45, 2.75) is 44.2 Å². The van der Waals surface area contributed by atoms with E-state index in [9.17, 15) is 0 Å². The maximum Gasteiger partial charge on any atom is 0.191 e. The second kappa shape index (κ2) is 11.9. The van der Waals surface area contributed by atoms with Gasteiger partial charge in [0.15, 0.2) is 5.96 Å². The molecular formula is C22H39N5OS. The van der Waals surface area contributed by atoms with Gasteiger partial charge in [0, 0.05) is 44.1 Å². The predicted octanol–water partition coefficient (Wildman–Crippen LogP) is 2.80. The van der Waals surface area contributed by atoms with E-state index in [1.54, 1.807) is 0 Å². The van der Waals surface area contributed by atoms with Crippen LogP contribution in [0.5, 0.6) is 0 Å². The molecule has 2 heterocycles. The molecule has 2 aliphatic rings. The highest BCUT2D eigenvalue weighted by molar-refractivity contribution is 7.10. The van der Waals surface area contributed by atoms with Crippen LogP contribution in [0.3, 0.4) is 0 Å². The number of thiophene rings is 1. The van der Waals surface area contributed by atoms with Crippen molar-refractivity contribution >= 4 is 17.3 Å². The highest BCUT2D eigenvalue weighted by Crippen LogP contribution is 2.28. The molecule has 6 nitrogen and oxygen atoms in total. The number of rotatable bonds is 8. The number of hydrogen-bond donors (Lipinski definition) is 2. The molecule has 164 valence electrons. The Kier molecular flexibility index (Phi) is 9.24. The molecule has 29 heavy (non-hydrogen) atoms. The molecule has 1 saturated carbocycles. The zero-order valence-corrected chi connectivity index (χ0v) is 19.2. The van der Waals surface area contributed by atoms with Gasteiger partial charge in [0.1, 0.15) is 0 Å². The SMILES string of the molecule is CN=C(NCC(C1CCCCC1)N(C)C)NCC(c1cccs1)N1CCOCC1. The second-order valence-electron chi connectivity index (χ2n) is 8.44. The third kappa shape index (κ3) is 6.67. The third-order valence-electron chi connectivity index (χ3n) is 6.38. The minimum absolute atomic E-state index is 0.362. The van der Waals surface area contributed by atoms with Crippen molar-refractivity contribution in [2.75, 3.05) is 60.5 Å². The highest BCUT2D eigenvalue weighted by atomic mass is 32.1. The van der Waals surface area contributed by atoms with Crippen molar-refractivity contribution in [1.29, 1.82) is 0 Å². The van der Waals surface area contributed by atoms with Gasteiger partial charge in [0.25, 0.3) is 0 Å². The fraction of sp³-hybridized carbons (Fsp3) is 0.773. The van der Waals surface area contributed by atoms with E-state index in [0.29, 0.717) is 12.1 Å². The molecule has 1 aromatic heterocycles. The van der Waals surface area contributed by atoms with Gasteiger partial charge in [0.2, 0.25) is 0 Å². The number of nitrogens with one attached hydrogen (secondary N) is 2. The van der Waals surface area contributed by atoms with Crippen LogP contribution in [0, 0.1) is 5.92 Å². The summed E-state index contributed by atoms with van der Waals surface area (Å²) in [6, 6.07) is 5.31. The molecule has 1 aromatic rings. The molecule has 1 saturated heterocycles. The number of nitrogens with zero attached hydrogens (tertiary/aromatic N) is 3. The summed E-state index contributed by atoms with van der Waals surface area (Å²) in [7, 11) is 6.29. The summed E-state index contributed by atoms with van der Waals surface area (Å²) in [4.78, 5) is 10.8. The van der Waals surface area contributed by atoms with Crippen LogP contribution in [0.15, 0.2) is 22.5 Å². The Morgan fingerprint density at radius 3 is 2.55 bits per heavy atom. The summed E-state index contributed by atoms with van der Waals surface area (Å²) in [5.41, 5.74) is 0. The lowest BCUT2D eigenvalue weighted by molar-refractivity contribution is 0.0177. The third-order valence-corrected chi connectivity index (χ3v) is 7.35. The van der Waals surface area contributed by atoms with Crippen LogP contribution in [-0.4, -0.2) is 82.3 Å². The summed E-state index contributed by atoms with van der Waals surface area (Å²) in [5, 5.41) is 9.37. The molecule has 3 rings (SSSR count). The molecular weight excluding hydrogens is 382 g/mol. The Labute approximate surface area is 180 Å². The monoisotopic (exact) mass is 421 g/mol. The Morgan fingerprint density at radius 2 is 1.93 bits per heavy atom. The largest absolute Gasteiger partial charge is 0.379 e. The quantitative estimate of drug-likeness (QED) is 0.499. The summed E-state index contributed by atoms with van der Waals surface area (Å²) in [5.74, 6) is 1.69. The molecule has 0 radical (unpaired) electrons. The lowest BCUT2D eigenvalue weighted by atomic mass is 9.83. The summed E-state index contributed by atoms with van der Waals surface area (Å²) in [6.07, 6.45) is 6.87. The minimum Gasteiger partial charge on any atom is -0.379 e. The number of likely N-dealkylation sites (N-methyl/N-ethyl adjacent to an activating group) is 1. The summed E-state index contributed by atoms with van der Waals surface area (Å²) in [6.45, 7) is 5.41. The van der Waals surface area contributed by atoms with Crippen molar-refractivity contribution in [1.82, 2.24) is 20.4 Å². The summed E-state index contributed by atoms with van der Waals surface area (Å²) < 4.78 is 5.56. The lowest BCUT2D eigenvalue weighted by Crippen LogP contribution is -2.50. The average Bonchev–Trinajstić information content (AvgIpc) is 3.28. The molecule has 2 fully saturated rings. The van der Waals surface area contributed by atoms with Crippen molar-refractivity contribution in [2.24, 2.45) is 10.9 Å². The normalized spacial score (nSPS) is 21.9. The van der Waals surface area contributed by atoms with Gasteiger partial charge >= 0.3 is 0 Å². The fourth-order valence-corrected chi connectivity index (χ4v) is 5.55. The topological polar surface area (TPSA) is 52.1 Å². The zero-order chi connectivity index (χ0) is 20.5. The van der Waals surface area contributed by atoms with Gasteiger partial charge in [-0.3, -0.25) is 9.89 Å². The van der Waals surface area contributed by atoms with Crippen LogP contribution < -0.4 is 10.6 Å². The van der Waals surface area contributed by atoms with Gasteiger partial charge in [-0.25, -0.2) is 0 Å². The Morgan fingerprint density at radius 1 is 1.21 bits per heavy atom. The predicted molar refractivity (Wildman–Crippen MR) is 123 cm³/mol. The van der Waals surface area contributed by atoms with Crippen LogP contribution in [0.4, 0.5) is 0 Å². The molecule has 2 unspecified atom stereocenters. The van der Waals surface area contributed by atoms with E-state index in [1.165, 1.54) is 37.0 Å². The first-order valence-electron chi connectivity index (χ1n) is 11.1. The van der Waals surface area contributed by atoms with Crippen LogP contribution in [0.25, 0.3) is 0 Å². The van der Waals surface area contributed by atoms with E-state index >= 15 is 0 Å². The smallest absolute Gasteiger partial charge is 0.191 e. The average molecular weight is 422 g/mol. The van der Waals surface area contributed by atoms with Gasteiger partial charge in [-0.05, 0) is 44.3 Å². The Bertz CT molecular complexity index is 594. The van der Waals surface area contributed by atoms with E-state index in [2.05, 4.69) is 57.0 Å². The van der Waals surface area contributed by atoms with Crippen LogP contribution in [0.2, 0.25) is 0 Å². The van der Waals surface area contributed by atoms with E-state index in [-0.39, 0.29) is 0 Å².